The fourth-order valence-electron chi connectivity index (χ4n) is 1.33. The monoisotopic (exact) mass is 182 g/mol. The molecule has 4 nitrogen and oxygen atoms in total. The van der Waals surface area contributed by atoms with Crippen LogP contribution in [0.25, 0.3) is 0 Å². The molecule has 0 amide bonds. The second-order valence-corrected chi connectivity index (χ2v) is 3.06. The van der Waals surface area contributed by atoms with Crippen LogP contribution in [0.1, 0.15) is 18.3 Å². The number of nitrogens with one attached hydrogen (secondary N) is 1. The fraction of sp³-hybridized carbons (Fsp3) is 0.667. The van der Waals surface area contributed by atoms with E-state index in [1.165, 1.54) is 5.69 Å². The van der Waals surface area contributed by atoms with Crippen molar-refractivity contribution in [1.82, 2.24) is 15.1 Å². The molecule has 0 saturated heterocycles. The summed E-state index contributed by atoms with van der Waals surface area (Å²) >= 11 is 0. The molecule has 0 spiro atoms. The Kier molecular flexibility index (Phi) is 3.92. The van der Waals surface area contributed by atoms with E-state index in [2.05, 4.69) is 23.4 Å². The highest BCUT2D eigenvalue weighted by atomic mass is 15.3. The van der Waals surface area contributed by atoms with Gasteiger partial charge in [0.15, 0.2) is 0 Å². The predicted octanol–water partition coefficient (Wildman–Crippen LogP) is 0.260. The van der Waals surface area contributed by atoms with E-state index in [0.29, 0.717) is 6.54 Å². The fourth-order valence-corrected chi connectivity index (χ4v) is 1.33. The summed E-state index contributed by atoms with van der Waals surface area (Å²) in [6.45, 7) is 7.42. The molecular formula is C9H18N4. The van der Waals surface area contributed by atoms with E-state index in [0.717, 1.165) is 25.3 Å². The zero-order valence-electron chi connectivity index (χ0n) is 8.38. The van der Waals surface area contributed by atoms with Gasteiger partial charge in [-0.3, -0.25) is 4.68 Å². The van der Waals surface area contributed by atoms with Crippen LogP contribution in [0.15, 0.2) is 6.07 Å². The second kappa shape index (κ2) is 4.99. The van der Waals surface area contributed by atoms with Gasteiger partial charge in [0.05, 0.1) is 11.4 Å². The molecule has 74 valence electrons. The molecule has 1 aromatic heterocycles. The third-order valence-corrected chi connectivity index (χ3v) is 1.91. The smallest absolute Gasteiger partial charge is 0.0597 e. The summed E-state index contributed by atoms with van der Waals surface area (Å²) in [5, 5.41) is 7.61. The van der Waals surface area contributed by atoms with Crippen LogP contribution in [0.5, 0.6) is 0 Å². The van der Waals surface area contributed by atoms with Gasteiger partial charge in [0.1, 0.15) is 0 Å². The minimum Gasteiger partial charge on any atom is -0.329 e. The number of aromatic nitrogens is 2. The lowest BCUT2D eigenvalue weighted by atomic mass is 10.3. The Hall–Kier alpha value is -0.870. The maximum absolute atomic E-state index is 5.38. The molecule has 0 bridgehead atoms. The Balaban J connectivity index is 2.53. The molecule has 0 aromatic carbocycles. The van der Waals surface area contributed by atoms with E-state index in [1.54, 1.807) is 0 Å². The third-order valence-electron chi connectivity index (χ3n) is 1.91. The number of hydrogen-bond donors (Lipinski definition) is 2. The average molecular weight is 182 g/mol. The largest absolute Gasteiger partial charge is 0.329 e. The molecule has 0 atom stereocenters. The molecule has 0 aliphatic carbocycles. The van der Waals surface area contributed by atoms with Crippen molar-refractivity contribution < 1.29 is 0 Å². The molecule has 0 unspecified atom stereocenters. The van der Waals surface area contributed by atoms with Gasteiger partial charge in [-0.1, -0.05) is 0 Å². The van der Waals surface area contributed by atoms with Gasteiger partial charge in [-0.05, 0) is 19.9 Å². The minimum atomic E-state index is 0.680. The first-order chi connectivity index (χ1) is 6.27. The molecule has 1 heterocycles. The molecule has 1 aromatic rings. The summed E-state index contributed by atoms with van der Waals surface area (Å²) in [6.07, 6.45) is 0. The van der Waals surface area contributed by atoms with Gasteiger partial charge in [-0.2, -0.15) is 5.10 Å². The third kappa shape index (κ3) is 2.82. The number of rotatable bonds is 5. The Labute approximate surface area is 79.1 Å². The van der Waals surface area contributed by atoms with Gasteiger partial charge >= 0.3 is 0 Å². The van der Waals surface area contributed by atoms with Crippen molar-refractivity contribution in [2.45, 2.75) is 26.9 Å². The van der Waals surface area contributed by atoms with E-state index in [4.69, 9.17) is 5.73 Å². The summed E-state index contributed by atoms with van der Waals surface area (Å²) in [7, 11) is 0. The summed E-state index contributed by atoms with van der Waals surface area (Å²) in [5.41, 5.74) is 7.69. The summed E-state index contributed by atoms with van der Waals surface area (Å²) in [4.78, 5) is 0. The van der Waals surface area contributed by atoms with Crippen molar-refractivity contribution >= 4 is 0 Å². The lowest BCUT2D eigenvalue weighted by Gasteiger charge is -2.04. The molecular weight excluding hydrogens is 164 g/mol. The van der Waals surface area contributed by atoms with Gasteiger partial charge in [-0.25, -0.2) is 0 Å². The van der Waals surface area contributed by atoms with Crippen molar-refractivity contribution in [2.75, 3.05) is 13.1 Å². The predicted molar refractivity (Wildman–Crippen MR) is 53.4 cm³/mol. The molecule has 0 aliphatic rings. The number of nitrogens with two attached hydrogens (primary N) is 1. The highest BCUT2D eigenvalue weighted by Gasteiger charge is 2.01. The van der Waals surface area contributed by atoms with Crippen LogP contribution < -0.4 is 11.1 Å². The van der Waals surface area contributed by atoms with E-state index in [-0.39, 0.29) is 0 Å². The van der Waals surface area contributed by atoms with Gasteiger partial charge < -0.3 is 11.1 Å². The van der Waals surface area contributed by atoms with E-state index in [9.17, 15) is 0 Å². The Morgan fingerprint density at radius 2 is 2.38 bits per heavy atom. The molecule has 1 rings (SSSR count). The molecule has 4 heteroatoms. The molecule has 0 radical (unpaired) electrons. The maximum Gasteiger partial charge on any atom is 0.0597 e. The number of nitrogens with zero attached hydrogens (tertiary/aromatic N) is 2. The van der Waals surface area contributed by atoms with Gasteiger partial charge in [0.2, 0.25) is 0 Å². The zero-order valence-corrected chi connectivity index (χ0v) is 8.38. The normalized spacial score (nSPS) is 10.7. The van der Waals surface area contributed by atoms with Crippen LogP contribution in [0.4, 0.5) is 0 Å². The first-order valence-electron chi connectivity index (χ1n) is 4.72. The Morgan fingerprint density at radius 3 is 3.00 bits per heavy atom. The van der Waals surface area contributed by atoms with Crippen molar-refractivity contribution in [1.29, 1.82) is 0 Å². The van der Waals surface area contributed by atoms with Crippen LogP contribution in [0.2, 0.25) is 0 Å². The summed E-state index contributed by atoms with van der Waals surface area (Å²) < 4.78 is 2.01. The highest BCUT2D eigenvalue weighted by Crippen LogP contribution is 2.02. The standard InChI is InChI=1S/C9H18N4/c1-3-13-9(6-8(2)12-13)7-11-5-4-10/h6,11H,3-5,7,10H2,1-2H3. The van der Waals surface area contributed by atoms with Gasteiger partial charge in [0, 0.05) is 26.2 Å². The van der Waals surface area contributed by atoms with E-state index < -0.39 is 0 Å². The van der Waals surface area contributed by atoms with E-state index >= 15 is 0 Å². The van der Waals surface area contributed by atoms with E-state index in [1.807, 2.05) is 11.6 Å². The van der Waals surface area contributed by atoms with Crippen molar-refractivity contribution in [3.8, 4) is 0 Å². The molecule has 0 aliphatic heterocycles. The first-order valence-corrected chi connectivity index (χ1v) is 4.72. The highest BCUT2D eigenvalue weighted by molar-refractivity contribution is 5.08. The molecule has 3 N–H and O–H groups in total. The van der Waals surface area contributed by atoms with Crippen LogP contribution in [-0.2, 0) is 13.1 Å². The quantitative estimate of drug-likeness (QED) is 0.642. The number of aryl methyl sites for hydroxylation is 2. The topological polar surface area (TPSA) is 55.9 Å². The average Bonchev–Trinajstić information content (AvgIpc) is 2.47. The Bertz CT molecular complexity index is 254. The van der Waals surface area contributed by atoms with Crippen molar-refractivity contribution in [2.24, 2.45) is 5.73 Å². The summed E-state index contributed by atoms with van der Waals surface area (Å²) in [5.74, 6) is 0. The maximum atomic E-state index is 5.38. The van der Waals surface area contributed by atoms with Gasteiger partial charge in [0.25, 0.3) is 0 Å². The van der Waals surface area contributed by atoms with Crippen molar-refractivity contribution in [3.05, 3.63) is 17.5 Å². The lowest BCUT2D eigenvalue weighted by Crippen LogP contribution is -2.23. The summed E-state index contributed by atoms with van der Waals surface area (Å²) in [6, 6.07) is 2.10. The van der Waals surface area contributed by atoms with Crippen LogP contribution >= 0.6 is 0 Å². The Morgan fingerprint density at radius 1 is 1.62 bits per heavy atom. The van der Waals surface area contributed by atoms with Crippen molar-refractivity contribution in [3.63, 3.8) is 0 Å². The zero-order chi connectivity index (χ0) is 9.68. The van der Waals surface area contributed by atoms with Crippen LogP contribution in [0.3, 0.4) is 0 Å². The minimum absolute atomic E-state index is 0.680. The van der Waals surface area contributed by atoms with Crippen LogP contribution in [-0.4, -0.2) is 22.9 Å². The first kappa shape index (κ1) is 10.2. The molecule has 0 fully saturated rings. The second-order valence-electron chi connectivity index (χ2n) is 3.06. The van der Waals surface area contributed by atoms with Gasteiger partial charge in [-0.15, -0.1) is 0 Å². The van der Waals surface area contributed by atoms with Crippen LogP contribution in [0, 0.1) is 6.92 Å². The molecule has 13 heavy (non-hydrogen) atoms. The molecule has 0 saturated carbocycles. The number of hydrogen-bond acceptors (Lipinski definition) is 3. The SMILES string of the molecule is CCn1nc(C)cc1CNCCN. The lowest BCUT2D eigenvalue weighted by molar-refractivity contribution is 0.582.